The van der Waals surface area contributed by atoms with Crippen LogP contribution in [-0.2, 0) is 4.79 Å². The van der Waals surface area contributed by atoms with Crippen LogP contribution in [0.25, 0.3) is 16.9 Å². The smallest absolute Gasteiger partial charge is 0.270 e. The van der Waals surface area contributed by atoms with Gasteiger partial charge in [-0.25, -0.2) is 4.98 Å². The minimum absolute atomic E-state index is 0.0218. The number of nitrogens with one attached hydrogen (secondary N) is 1. The van der Waals surface area contributed by atoms with Gasteiger partial charge >= 0.3 is 0 Å². The number of nitro groups is 1. The lowest BCUT2D eigenvalue weighted by Crippen LogP contribution is -2.15. The van der Waals surface area contributed by atoms with Crippen molar-refractivity contribution in [1.82, 2.24) is 9.55 Å². The molecule has 0 fully saturated rings. The number of anilines is 1. The molecule has 0 saturated heterocycles. The van der Waals surface area contributed by atoms with E-state index in [0.29, 0.717) is 27.7 Å². The van der Waals surface area contributed by atoms with Crippen molar-refractivity contribution in [2.75, 3.05) is 11.1 Å². The molecule has 0 aliphatic carbocycles. The number of rotatable bonds is 7. The van der Waals surface area contributed by atoms with Gasteiger partial charge in [-0.3, -0.25) is 19.5 Å². The zero-order chi connectivity index (χ0) is 23.2. The fraction of sp³-hybridized carbons (Fsp3) is 0.0417. The first-order valence-electron chi connectivity index (χ1n) is 9.86. The summed E-state index contributed by atoms with van der Waals surface area (Å²) in [6, 6.07) is 24.6. The topological polar surface area (TPSA) is 114 Å². The Bertz CT molecular complexity index is 1360. The van der Waals surface area contributed by atoms with Gasteiger partial charge in [-0.1, -0.05) is 54.2 Å². The fourth-order valence-electron chi connectivity index (χ4n) is 3.16. The Morgan fingerprint density at radius 2 is 1.85 bits per heavy atom. The van der Waals surface area contributed by atoms with Crippen LogP contribution in [0.4, 0.5) is 11.4 Å². The minimum atomic E-state index is -0.448. The third-order valence-electron chi connectivity index (χ3n) is 4.71. The number of nitriles is 1. The number of nitrogens with zero attached hydrogens (tertiary/aromatic N) is 4. The van der Waals surface area contributed by atoms with E-state index in [1.165, 1.54) is 23.9 Å². The van der Waals surface area contributed by atoms with Gasteiger partial charge in [0.05, 0.1) is 27.6 Å². The van der Waals surface area contributed by atoms with Crippen molar-refractivity contribution in [2.24, 2.45) is 0 Å². The second-order valence-electron chi connectivity index (χ2n) is 6.92. The van der Waals surface area contributed by atoms with Crippen LogP contribution in [-0.4, -0.2) is 26.1 Å². The van der Waals surface area contributed by atoms with E-state index in [9.17, 15) is 20.2 Å². The third-order valence-corrected chi connectivity index (χ3v) is 5.67. The van der Waals surface area contributed by atoms with Gasteiger partial charge in [-0.2, -0.15) is 5.26 Å². The van der Waals surface area contributed by atoms with E-state index in [0.717, 1.165) is 5.69 Å². The number of para-hydroxylation sites is 2. The van der Waals surface area contributed by atoms with E-state index in [2.05, 4.69) is 16.4 Å². The molecule has 0 spiro atoms. The molecule has 3 aromatic carbocycles. The summed E-state index contributed by atoms with van der Waals surface area (Å²) < 4.78 is 1.84. The van der Waals surface area contributed by atoms with Gasteiger partial charge in [0.1, 0.15) is 6.07 Å². The molecule has 162 valence electrons. The average Bonchev–Trinajstić information content (AvgIpc) is 3.28. The molecular weight excluding hydrogens is 438 g/mol. The van der Waals surface area contributed by atoms with E-state index in [-0.39, 0.29) is 17.3 Å². The molecule has 0 radical (unpaired) electrons. The Morgan fingerprint density at radius 3 is 2.61 bits per heavy atom. The maximum Gasteiger partial charge on any atom is 0.270 e. The minimum Gasteiger partial charge on any atom is -0.324 e. The first-order chi connectivity index (χ1) is 16.0. The molecule has 1 aromatic heterocycles. The molecule has 1 amide bonds. The molecule has 0 unspecified atom stereocenters. The Labute approximate surface area is 193 Å². The van der Waals surface area contributed by atoms with E-state index < -0.39 is 4.92 Å². The SMILES string of the molecule is N#Cc1ccccc1NC(=O)CSc1nc(-c2cccc([N+](=O)[O-])c2)cn1-c1ccccc1. The van der Waals surface area contributed by atoms with Crippen molar-refractivity contribution in [3.8, 4) is 23.0 Å². The van der Waals surface area contributed by atoms with Gasteiger partial charge in [0.15, 0.2) is 5.16 Å². The van der Waals surface area contributed by atoms with Crippen LogP contribution in [0.2, 0.25) is 0 Å². The van der Waals surface area contributed by atoms with Crippen molar-refractivity contribution in [3.05, 3.63) is 101 Å². The summed E-state index contributed by atoms with van der Waals surface area (Å²) in [7, 11) is 0. The summed E-state index contributed by atoms with van der Waals surface area (Å²) in [6.07, 6.45) is 1.79. The molecule has 0 saturated carbocycles. The number of benzene rings is 3. The number of amides is 1. The molecular formula is C24H17N5O3S. The van der Waals surface area contributed by atoms with Crippen molar-refractivity contribution < 1.29 is 9.72 Å². The number of hydrogen-bond donors (Lipinski definition) is 1. The largest absolute Gasteiger partial charge is 0.324 e. The van der Waals surface area contributed by atoms with Gasteiger partial charge in [0.25, 0.3) is 5.69 Å². The van der Waals surface area contributed by atoms with Gasteiger partial charge in [0.2, 0.25) is 5.91 Å². The van der Waals surface area contributed by atoms with E-state index in [1.807, 2.05) is 34.9 Å². The molecule has 0 aliphatic rings. The number of carbonyl (C=O) groups is 1. The Hall–Kier alpha value is -4.42. The molecule has 0 aliphatic heterocycles. The van der Waals surface area contributed by atoms with Gasteiger partial charge in [-0.15, -0.1) is 0 Å². The number of thioether (sulfide) groups is 1. The maximum absolute atomic E-state index is 12.5. The summed E-state index contributed by atoms with van der Waals surface area (Å²) in [6.45, 7) is 0. The van der Waals surface area contributed by atoms with Crippen molar-refractivity contribution in [2.45, 2.75) is 5.16 Å². The second-order valence-corrected chi connectivity index (χ2v) is 7.86. The molecule has 33 heavy (non-hydrogen) atoms. The molecule has 4 rings (SSSR count). The molecule has 1 heterocycles. The lowest BCUT2D eigenvalue weighted by molar-refractivity contribution is -0.384. The van der Waals surface area contributed by atoms with Crippen molar-refractivity contribution in [3.63, 3.8) is 0 Å². The number of nitro benzene ring substituents is 1. The summed E-state index contributed by atoms with van der Waals surface area (Å²) in [5.41, 5.74) is 2.82. The highest BCUT2D eigenvalue weighted by molar-refractivity contribution is 7.99. The van der Waals surface area contributed by atoms with Crippen LogP contribution in [0.15, 0.2) is 90.2 Å². The number of imidazole rings is 1. The zero-order valence-corrected chi connectivity index (χ0v) is 18.0. The van der Waals surface area contributed by atoms with Crippen molar-refractivity contribution >= 4 is 29.0 Å². The summed E-state index contributed by atoms with van der Waals surface area (Å²) >= 11 is 1.23. The second kappa shape index (κ2) is 9.80. The Kier molecular flexibility index (Phi) is 6.48. The highest BCUT2D eigenvalue weighted by Crippen LogP contribution is 2.29. The van der Waals surface area contributed by atoms with Crippen LogP contribution in [0.3, 0.4) is 0 Å². The molecule has 8 nitrogen and oxygen atoms in total. The van der Waals surface area contributed by atoms with E-state index >= 15 is 0 Å². The lowest BCUT2D eigenvalue weighted by Gasteiger charge is -2.08. The van der Waals surface area contributed by atoms with Crippen LogP contribution in [0.5, 0.6) is 0 Å². The average molecular weight is 455 g/mol. The monoisotopic (exact) mass is 455 g/mol. The molecule has 9 heteroatoms. The summed E-state index contributed by atoms with van der Waals surface area (Å²) in [4.78, 5) is 27.9. The normalized spacial score (nSPS) is 10.4. The molecule has 4 aromatic rings. The Balaban J connectivity index is 1.60. The quantitative estimate of drug-likeness (QED) is 0.237. The first kappa shape index (κ1) is 21.8. The number of aromatic nitrogens is 2. The van der Waals surface area contributed by atoms with Gasteiger partial charge in [0, 0.05) is 29.6 Å². The van der Waals surface area contributed by atoms with E-state index in [4.69, 9.17) is 0 Å². The highest BCUT2D eigenvalue weighted by Gasteiger charge is 2.16. The first-order valence-corrected chi connectivity index (χ1v) is 10.8. The number of carbonyl (C=O) groups excluding carboxylic acids is 1. The number of hydrogen-bond acceptors (Lipinski definition) is 6. The standard InChI is InChI=1S/C24H17N5O3S/c25-14-18-7-4-5-12-21(18)26-23(30)16-33-24-27-22(15-28(24)19-9-2-1-3-10-19)17-8-6-11-20(13-17)29(31)32/h1-13,15H,16H2,(H,26,30). The zero-order valence-electron chi connectivity index (χ0n) is 17.2. The fourth-order valence-corrected chi connectivity index (χ4v) is 3.96. The molecule has 0 atom stereocenters. The number of non-ortho nitro benzene ring substituents is 1. The van der Waals surface area contributed by atoms with Crippen LogP contribution in [0.1, 0.15) is 5.56 Å². The Morgan fingerprint density at radius 1 is 1.09 bits per heavy atom. The third kappa shape index (κ3) is 5.08. The molecule has 1 N–H and O–H groups in total. The molecule has 0 bridgehead atoms. The van der Waals surface area contributed by atoms with Crippen LogP contribution >= 0.6 is 11.8 Å². The predicted molar refractivity (Wildman–Crippen MR) is 126 cm³/mol. The maximum atomic E-state index is 12.5. The van der Waals surface area contributed by atoms with E-state index in [1.54, 1.807) is 42.6 Å². The lowest BCUT2D eigenvalue weighted by atomic mass is 10.1. The van der Waals surface area contributed by atoms with Gasteiger partial charge in [-0.05, 0) is 24.3 Å². The summed E-state index contributed by atoms with van der Waals surface area (Å²) in [5.74, 6) is -0.208. The van der Waals surface area contributed by atoms with Gasteiger partial charge < -0.3 is 5.32 Å². The summed E-state index contributed by atoms with van der Waals surface area (Å²) in [5, 5.41) is 23.7. The van der Waals surface area contributed by atoms with Crippen LogP contribution < -0.4 is 5.32 Å². The highest BCUT2D eigenvalue weighted by atomic mass is 32.2. The van der Waals surface area contributed by atoms with Crippen LogP contribution in [0, 0.1) is 21.4 Å². The predicted octanol–water partition coefficient (Wildman–Crippen LogP) is 5.05. The van der Waals surface area contributed by atoms with Crippen molar-refractivity contribution in [1.29, 1.82) is 5.26 Å².